The number of rotatable bonds is 8. The lowest BCUT2D eigenvalue weighted by molar-refractivity contribution is -0.137. The molecule has 37 heavy (non-hydrogen) atoms. The van der Waals surface area contributed by atoms with Gasteiger partial charge in [-0.05, 0) is 65.7 Å². The average molecular weight is 524 g/mol. The van der Waals surface area contributed by atoms with Crippen LogP contribution in [0.3, 0.4) is 0 Å². The van der Waals surface area contributed by atoms with E-state index in [1.54, 1.807) is 18.2 Å². The summed E-state index contributed by atoms with van der Waals surface area (Å²) in [5, 5.41) is 2.47. The summed E-state index contributed by atoms with van der Waals surface area (Å²) in [6.07, 6.45) is -11.5. The molecule has 196 valence electrons. The highest BCUT2D eigenvalue weighted by atomic mass is 19.4. The Morgan fingerprint density at radius 3 is 2.43 bits per heavy atom. The van der Waals surface area contributed by atoms with Crippen LogP contribution in [-0.4, -0.2) is 38.5 Å². The first-order valence-electron chi connectivity index (χ1n) is 16.7. The van der Waals surface area contributed by atoms with Crippen molar-refractivity contribution in [3.8, 4) is 11.5 Å². The van der Waals surface area contributed by atoms with Gasteiger partial charge in [-0.3, -0.25) is 9.69 Å². The number of carbonyl (C=O) groups is 1. The lowest BCUT2D eigenvalue weighted by atomic mass is 9.86. The number of hydrogen-bond acceptors (Lipinski definition) is 4. The summed E-state index contributed by atoms with van der Waals surface area (Å²) in [6, 6.07) is 8.07. The van der Waals surface area contributed by atoms with Crippen LogP contribution in [0.5, 0.6) is 11.5 Å². The van der Waals surface area contributed by atoms with Gasteiger partial charge >= 0.3 is 6.18 Å². The molecule has 0 bridgehead atoms. The van der Waals surface area contributed by atoms with Crippen molar-refractivity contribution in [1.29, 1.82) is 0 Å². The Morgan fingerprint density at radius 2 is 1.81 bits per heavy atom. The molecule has 0 unspecified atom stereocenters. The number of likely N-dealkylation sites (N-methyl/N-ethyl adjacent to an activating group) is 1. The standard InChI is InChI=1S/C29H31F3N2O3/c1-33-28(35)27(20-7-5-4-6-8-20)34-16-15-21-17-25(36-2)26(37-3)18-23(21)24(34)14-11-19-9-12-22(13-10-19)29(30,31)32/h4-10,12-13,17-18,24,27H,11,14-16H2,1-3H3,(H,33,35)/t24-,27+/m0/s1/i2D3,3D3,11D2,14D2,24D. The fourth-order valence-corrected chi connectivity index (χ4v) is 4.21. The molecule has 1 amide bonds. The first-order valence-corrected chi connectivity index (χ1v) is 11.2. The van der Waals surface area contributed by atoms with E-state index in [0.717, 1.165) is 29.2 Å². The SMILES string of the molecule is [2H]C([2H])([2H])Oc1cc2c(cc1OC([2H])([2H])[2H])[C@]([2H])(C([2H])([2H])C([2H])([2H])c1ccc(C(F)(F)F)cc1)N([C@@H](C(=O)NC)c1ccccc1)CC2. The lowest BCUT2D eigenvalue weighted by Gasteiger charge is -2.42. The number of benzene rings is 3. The first kappa shape index (κ1) is 15.7. The molecule has 0 aromatic heterocycles. The Bertz CT molecular complexity index is 1630. The third-order valence-corrected chi connectivity index (χ3v) is 6.01. The van der Waals surface area contributed by atoms with Crippen LogP contribution in [0.15, 0.2) is 66.7 Å². The number of alkyl halides is 3. The van der Waals surface area contributed by atoms with Gasteiger partial charge in [0.05, 0.1) is 29.2 Å². The molecule has 8 heteroatoms. The second-order valence-electron chi connectivity index (χ2n) is 8.20. The minimum absolute atomic E-state index is 0.0502. The van der Waals surface area contributed by atoms with E-state index in [1.807, 2.05) is 0 Å². The van der Waals surface area contributed by atoms with Crippen molar-refractivity contribution in [2.45, 2.75) is 37.4 Å². The number of methoxy groups -OCH3 is 2. The fraction of sp³-hybridized carbons (Fsp3) is 0.345. The molecule has 0 spiro atoms. The predicted octanol–water partition coefficient (Wildman–Crippen LogP) is 5.74. The van der Waals surface area contributed by atoms with Gasteiger partial charge in [0.15, 0.2) is 11.5 Å². The molecule has 0 saturated heterocycles. The van der Waals surface area contributed by atoms with Crippen LogP contribution in [0, 0.1) is 0 Å². The Morgan fingerprint density at radius 1 is 1.14 bits per heavy atom. The summed E-state index contributed by atoms with van der Waals surface area (Å²) in [5.41, 5.74) is -1.74. The van der Waals surface area contributed by atoms with Gasteiger partial charge in [-0.1, -0.05) is 42.5 Å². The summed E-state index contributed by atoms with van der Waals surface area (Å²) < 4.78 is 142. The van der Waals surface area contributed by atoms with Crippen molar-refractivity contribution in [2.24, 2.45) is 0 Å². The molecule has 1 aliphatic heterocycles. The smallest absolute Gasteiger partial charge is 0.416 e. The molecule has 1 N–H and O–H groups in total. The number of amides is 1. The Labute approximate surface area is 230 Å². The highest BCUT2D eigenvalue weighted by Gasteiger charge is 2.37. The fourth-order valence-electron chi connectivity index (χ4n) is 4.21. The highest BCUT2D eigenvalue weighted by molar-refractivity contribution is 5.83. The number of carbonyl (C=O) groups excluding carboxylic acids is 1. The monoisotopic (exact) mass is 523 g/mol. The van der Waals surface area contributed by atoms with Crippen LogP contribution < -0.4 is 14.8 Å². The summed E-state index contributed by atoms with van der Waals surface area (Å²) >= 11 is 0. The van der Waals surface area contributed by atoms with Crippen LogP contribution in [0.1, 0.15) is 61.3 Å². The van der Waals surface area contributed by atoms with Crippen LogP contribution in [0.25, 0.3) is 0 Å². The second kappa shape index (κ2) is 11.3. The maximum atomic E-state index is 13.5. The number of nitrogens with zero attached hydrogens (tertiary/aromatic N) is 1. The maximum absolute atomic E-state index is 13.5. The van der Waals surface area contributed by atoms with Gasteiger partial charge < -0.3 is 14.8 Å². The van der Waals surface area contributed by atoms with Crippen molar-refractivity contribution >= 4 is 5.91 Å². The molecule has 0 aliphatic carbocycles. The van der Waals surface area contributed by atoms with Gasteiger partial charge in [-0.2, -0.15) is 13.2 Å². The third-order valence-electron chi connectivity index (χ3n) is 6.01. The predicted molar refractivity (Wildman–Crippen MR) is 136 cm³/mol. The van der Waals surface area contributed by atoms with E-state index in [-0.39, 0.29) is 24.1 Å². The minimum atomic E-state index is -4.77. The van der Waals surface area contributed by atoms with Gasteiger partial charge in [0.25, 0.3) is 0 Å². The normalized spacial score (nSPS) is 24.4. The van der Waals surface area contributed by atoms with Gasteiger partial charge in [0.1, 0.15) is 6.04 Å². The number of aryl methyl sites for hydroxylation is 1. The molecule has 0 saturated carbocycles. The first-order chi connectivity index (χ1) is 21.9. The summed E-state index contributed by atoms with van der Waals surface area (Å²) in [5.74, 6) is -2.02. The third kappa shape index (κ3) is 5.74. The highest BCUT2D eigenvalue weighted by Crippen LogP contribution is 2.43. The van der Waals surface area contributed by atoms with E-state index in [2.05, 4.69) is 5.32 Å². The maximum Gasteiger partial charge on any atom is 0.416 e. The van der Waals surface area contributed by atoms with E-state index in [0.29, 0.717) is 12.1 Å². The number of nitrogens with one attached hydrogen (secondary N) is 1. The van der Waals surface area contributed by atoms with Gasteiger partial charge in [0, 0.05) is 25.1 Å². The van der Waals surface area contributed by atoms with Gasteiger partial charge in [-0.15, -0.1) is 0 Å². The molecule has 0 fully saturated rings. The zero-order chi connectivity index (χ0) is 36.1. The number of ether oxygens (including phenoxy) is 2. The second-order valence-corrected chi connectivity index (χ2v) is 8.20. The minimum Gasteiger partial charge on any atom is -0.493 e. The molecule has 0 radical (unpaired) electrons. The zero-order valence-corrected chi connectivity index (χ0v) is 19.6. The van der Waals surface area contributed by atoms with E-state index in [1.165, 1.54) is 19.2 Å². The zero-order valence-electron chi connectivity index (χ0n) is 30.6. The van der Waals surface area contributed by atoms with Crippen molar-refractivity contribution < 1.29 is 42.5 Å². The van der Waals surface area contributed by atoms with Crippen molar-refractivity contribution in [3.63, 3.8) is 0 Å². The van der Waals surface area contributed by atoms with E-state index in [9.17, 15) is 22.1 Å². The van der Waals surface area contributed by atoms with Crippen LogP contribution >= 0.6 is 0 Å². The average Bonchev–Trinajstić information content (AvgIpc) is 2.97. The summed E-state index contributed by atoms with van der Waals surface area (Å²) in [4.78, 5) is 14.6. The molecule has 4 rings (SSSR count). The molecule has 1 heterocycles. The van der Waals surface area contributed by atoms with Crippen LogP contribution in [0.4, 0.5) is 13.2 Å². The van der Waals surface area contributed by atoms with Gasteiger partial charge in [-0.25, -0.2) is 0 Å². The molecule has 2 atom stereocenters. The van der Waals surface area contributed by atoms with Gasteiger partial charge in [0.2, 0.25) is 5.91 Å². The Balaban J connectivity index is 2.05. The summed E-state index contributed by atoms with van der Waals surface area (Å²) in [7, 11) is -4.98. The molecule has 3 aromatic rings. The van der Waals surface area contributed by atoms with Crippen LogP contribution in [0.2, 0.25) is 0 Å². The number of hydrogen-bond donors (Lipinski definition) is 1. The van der Waals surface area contributed by atoms with E-state index >= 15 is 0 Å². The number of halogens is 3. The lowest BCUT2D eigenvalue weighted by Crippen LogP contribution is -2.44. The van der Waals surface area contributed by atoms with E-state index < -0.39 is 79.2 Å². The molecule has 5 nitrogen and oxygen atoms in total. The largest absolute Gasteiger partial charge is 0.493 e. The molecule has 1 aliphatic rings. The van der Waals surface area contributed by atoms with Crippen molar-refractivity contribution in [3.05, 3.63) is 94.5 Å². The molecule has 3 aromatic carbocycles. The number of fused-ring (bicyclic) bond motifs is 1. The molecular weight excluding hydrogens is 481 g/mol. The van der Waals surface area contributed by atoms with Crippen molar-refractivity contribution in [1.82, 2.24) is 10.2 Å². The van der Waals surface area contributed by atoms with E-state index in [4.69, 9.17) is 20.4 Å². The topological polar surface area (TPSA) is 50.8 Å². The van der Waals surface area contributed by atoms with Crippen LogP contribution in [-0.2, 0) is 23.8 Å². The quantitative estimate of drug-likeness (QED) is 0.409. The molecular formula is C29H31F3N2O3. The van der Waals surface area contributed by atoms with Crippen molar-refractivity contribution in [2.75, 3.05) is 27.7 Å². The summed E-state index contributed by atoms with van der Waals surface area (Å²) in [6.45, 7) is -0.293. The Hall–Kier alpha value is -3.52. The Kier molecular flexibility index (Phi) is 4.77.